The molecule has 1 aromatic heterocycles. The van der Waals surface area contributed by atoms with E-state index in [4.69, 9.17) is 9.47 Å². The average molecular weight is 373 g/mol. The maximum Gasteiger partial charge on any atom is 0.196 e. The molecule has 0 radical (unpaired) electrons. The topological polar surface area (TPSA) is 49.2 Å². The molecule has 1 heterocycles. The van der Waals surface area contributed by atoms with Gasteiger partial charge in [-0.2, -0.15) is 0 Å². The molecule has 0 saturated heterocycles. The van der Waals surface area contributed by atoms with E-state index >= 15 is 0 Å². The number of hydrogen-bond acceptors (Lipinski definition) is 5. The number of halogens is 1. The van der Waals surface area contributed by atoms with Crippen molar-refractivity contribution in [1.29, 1.82) is 0 Å². The number of ether oxygens (including phenoxy) is 2. The highest BCUT2D eigenvalue weighted by Gasteiger charge is 2.15. The van der Waals surface area contributed by atoms with Crippen LogP contribution in [0.1, 0.15) is 12.7 Å². The van der Waals surface area contributed by atoms with Crippen molar-refractivity contribution in [2.75, 3.05) is 19.0 Å². The lowest BCUT2D eigenvalue weighted by molar-refractivity contribution is 0.164. The van der Waals surface area contributed by atoms with Gasteiger partial charge in [-0.1, -0.05) is 42.1 Å². The van der Waals surface area contributed by atoms with Crippen molar-refractivity contribution in [2.45, 2.75) is 18.7 Å². The van der Waals surface area contributed by atoms with E-state index in [9.17, 15) is 4.39 Å². The molecule has 136 valence electrons. The van der Waals surface area contributed by atoms with Gasteiger partial charge in [0, 0.05) is 18.0 Å². The van der Waals surface area contributed by atoms with Crippen molar-refractivity contribution in [1.82, 2.24) is 14.8 Å². The molecule has 0 aliphatic heterocycles. The Balaban J connectivity index is 1.80. The molecule has 0 atom stereocenters. The monoisotopic (exact) mass is 373 g/mol. The molecule has 0 bridgehead atoms. The van der Waals surface area contributed by atoms with Crippen LogP contribution in [0.3, 0.4) is 0 Å². The summed E-state index contributed by atoms with van der Waals surface area (Å²) in [6, 6.07) is 16.1. The van der Waals surface area contributed by atoms with E-state index in [-0.39, 0.29) is 12.4 Å². The van der Waals surface area contributed by atoms with Crippen LogP contribution >= 0.6 is 11.8 Å². The predicted octanol–water partition coefficient (Wildman–Crippen LogP) is 4.11. The average Bonchev–Trinajstić information content (AvgIpc) is 3.08. The van der Waals surface area contributed by atoms with Gasteiger partial charge in [0.15, 0.2) is 22.5 Å². The fourth-order valence-electron chi connectivity index (χ4n) is 2.36. The first-order valence-electron chi connectivity index (χ1n) is 8.37. The van der Waals surface area contributed by atoms with Crippen LogP contribution in [0.2, 0.25) is 0 Å². The SMILES string of the molecule is CCOCCSc1nnc(COc2ccccc2F)n1-c1ccccc1. The Hall–Kier alpha value is -2.38. The third-order valence-electron chi connectivity index (χ3n) is 3.57. The van der Waals surface area contributed by atoms with Gasteiger partial charge in [0.05, 0.1) is 6.61 Å². The Morgan fingerprint density at radius 3 is 2.58 bits per heavy atom. The van der Waals surface area contributed by atoms with Gasteiger partial charge in [-0.05, 0) is 31.2 Å². The highest BCUT2D eigenvalue weighted by atomic mass is 32.2. The van der Waals surface area contributed by atoms with Gasteiger partial charge < -0.3 is 9.47 Å². The maximum atomic E-state index is 13.8. The van der Waals surface area contributed by atoms with Gasteiger partial charge in [0.25, 0.3) is 0 Å². The second kappa shape index (κ2) is 9.35. The number of thioether (sulfide) groups is 1. The first kappa shape index (κ1) is 18.4. The lowest BCUT2D eigenvalue weighted by Crippen LogP contribution is -2.07. The van der Waals surface area contributed by atoms with Crippen LogP contribution in [0, 0.1) is 5.82 Å². The highest BCUT2D eigenvalue weighted by Crippen LogP contribution is 2.23. The van der Waals surface area contributed by atoms with Crippen LogP contribution in [0.25, 0.3) is 5.69 Å². The van der Waals surface area contributed by atoms with E-state index in [1.54, 1.807) is 30.0 Å². The lowest BCUT2D eigenvalue weighted by Gasteiger charge is -2.11. The van der Waals surface area contributed by atoms with E-state index in [0.29, 0.717) is 19.0 Å². The molecule has 0 aliphatic rings. The predicted molar refractivity (Wildman–Crippen MR) is 99.3 cm³/mol. The van der Waals surface area contributed by atoms with Crippen LogP contribution in [0.5, 0.6) is 5.75 Å². The van der Waals surface area contributed by atoms with E-state index in [1.807, 2.05) is 41.8 Å². The lowest BCUT2D eigenvalue weighted by atomic mass is 10.3. The third-order valence-corrected chi connectivity index (χ3v) is 4.46. The van der Waals surface area contributed by atoms with Crippen molar-refractivity contribution in [3.8, 4) is 11.4 Å². The van der Waals surface area contributed by atoms with E-state index in [2.05, 4.69) is 10.2 Å². The fourth-order valence-corrected chi connectivity index (χ4v) is 3.19. The first-order valence-corrected chi connectivity index (χ1v) is 9.35. The molecule has 0 fully saturated rings. The molecular weight excluding hydrogens is 353 g/mol. The summed E-state index contributed by atoms with van der Waals surface area (Å²) in [6.45, 7) is 3.42. The smallest absolute Gasteiger partial charge is 0.196 e. The van der Waals surface area contributed by atoms with Gasteiger partial charge in [-0.15, -0.1) is 10.2 Å². The van der Waals surface area contributed by atoms with Gasteiger partial charge in [0.1, 0.15) is 6.61 Å². The number of para-hydroxylation sites is 2. The minimum Gasteiger partial charge on any atom is -0.483 e. The molecule has 0 saturated carbocycles. The summed E-state index contributed by atoms with van der Waals surface area (Å²) in [5, 5.41) is 9.26. The number of hydrogen-bond donors (Lipinski definition) is 0. The Morgan fingerprint density at radius 1 is 1.04 bits per heavy atom. The zero-order chi connectivity index (χ0) is 18.2. The van der Waals surface area contributed by atoms with Crippen LogP contribution < -0.4 is 4.74 Å². The molecule has 0 amide bonds. The van der Waals surface area contributed by atoms with Crippen molar-refractivity contribution in [2.24, 2.45) is 0 Å². The van der Waals surface area contributed by atoms with Crippen molar-refractivity contribution in [3.63, 3.8) is 0 Å². The van der Waals surface area contributed by atoms with Crippen LogP contribution in [-0.2, 0) is 11.3 Å². The molecule has 7 heteroatoms. The zero-order valence-corrected chi connectivity index (χ0v) is 15.3. The number of benzene rings is 2. The summed E-state index contributed by atoms with van der Waals surface area (Å²) in [6.07, 6.45) is 0. The minimum absolute atomic E-state index is 0.120. The third kappa shape index (κ3) is 4.62. The molecule has 3 rings (SSSR count). The molecule has 0 aliphatic carbocycles. The molecule has 0 spiro atoms. The maximum absolute atomic E-state index is 13.8. The van der Waals surface area contributed by atoms with Gasteiger partial charge >= 0.3 is 0 Å². The normalized spacial score (nSPS) is 10.8. The second-order valence-electron chi connectivity index (χ2n) is 5.33. The van der Waals surface area contributed by atoms with Gasteiger partial charge in [-0.3, -0.25) is 4.57 Å². The van der Waals surface area contributed by atoms with Crippen molar-refractivity contribution < 1.29 is 13.9 Å². The summed E-state index contributed by atoms with van der Waals surface area (Å²) in [5.74, 6) is 1.18. The largest absolute Gasteiger partial charge is 0.483 e. The molecular formula is C19H20FN3O2S. The van der Waals surface area contributed by atoms with Gasteiger partial charge in [-0.25, -0.2) is 4.39 Å². The summed E-state index contributed by atoms with van der Waals surface area (Å²) in [5.41, 5.74) is 0.934. The molecule has 3 aromatic rings. The van der Waals surface area contributed by atoms with Crippen LogP contribution in [0.15, 0.2) is 59.8 Å². The Morgan fingerprint density at radius 2 is 1.81 bits per heavy atom. The standard InChI is InChI=1S/C19H20FN3O2S/c1-2-24-12-13-26-19-22-21-18(23(19)15-8-4-3-5-9-15)14-25-17-11-7-6-10-16(17)20/h3-11H,2,12-14H2,1H3. The minimum atomic E-state index is -0.399. The van der Waals surface area contributed by atoms with E-state index in [1.165, 1.54) is 6.07 Å². The zero-order valence-electron chi connectivity index (χ0n) is 14.5. The fraction of sp³-hybridized carbons (Fsp3) is 0.263. The highest BCUT2D eigenvalue weighted by molar-refractivity contribution is 7.99. The van der Waals surface area contributed by atoms with E-state index in [0.717, 1.165) is 16.6 Å². The Kier molecular flexibility index (Phi) is 6.62. The summed E-state index contributed by atoms with van der Waals surface area (Å²) in [4.78, 5) is 0. The van der Waals surface area contributed by atoms with Crippen molar-refractivity contribution >= 4 is 11.8 Å². The molecule has 0 N–H and O–H groups in total. The number of nitrogens with zero attached hydrogens (tertiary/aromatic N) is 3. The first-order chi connectivity index (χ1) is 12.8. The van der Waals surface area contributed by atoms with E-state index < -0.39 is 5.82 Å². The van der Waals surface area contributed by atoms with Crippen LogP contribution in [-0.4, -0.2) is 33.7 Å². The number of rotatable bonds is 9. The molecule has 0 unspecified atom stereocenters. The summed E-state index contributed by atoms with van der Waals surface area (Å²) < 4.78 is 26.7. The summed E-state index contributed by atoms with van der Waals surface area (Å²) >= 11 is 1.56. The van der Waals surface area contributed by atoms with Gasteiger partial charge in [0.2, 0.25) is 0 Å². The molecule has 5 nitrogen and oxygen atoms in total. The molecule has 2 aromatic carbocycles. The summed E-state index contributed by atoms with van der Waals surface area (Å²) in [7, 11) is 0. The number of aromatic nitrogens is 3. The Bertz CT molecular complexity index is 827. The van der Waals surface area contributed by atoms with Crippen LogP contribution in [0.4, 0.5) is 4.39 Å². The molecule has 26 heavy (non-hydrogen) atoms. The quantitative estimate of drug-likeness (QED) is 0.417. The Labute approximate surface area is 156 Å². The van der Waals surface area contributed by atoms with Crippen molar-refractivity contribution in [3.05, 3.63) is 66.2 Å². The second-order valence-corrected chi connectivity index (χ2v) is 6.40.